The normalized spacial score (nSPS) is 16.2. The number of rotatable bonds is 12. The van der Waals surface area contributed by atoms with Gasteiger partial charge in [-0.15, -0.1) is 0 Å². The molecule has 1 fully saturated rings. The molecule has 1 aromatic carbocycles. The van der Waals surface area contributed by atoms with Crippen LogP contribution in [-0.4, -0.2) is 80.6 Å². The summed E-state index contributed by atoms with van der Waals surface area (Å²) in [4.78, 5) is 29.9. The van der Waals surface area contributed by atoms with E-state index >= 15 is 0 Å². The minimum atomic E-state index is -0.0376. The number of fused-ring (bicyclic) bond motifs is 1. The average Bonchev–Trinajstić information content (AvgIpc) is 2.82. The van der Waals surface area contributed by atoms with Crippen LogP contribution in [0.2, 0.25) is 0 Å². The molecule has 0 aromatic heterocycles. The van der Waals surface area contributed by atoms with E-state index in [1.54, 1.807) is 18.2 Å². The second-order valence-electron chi connectivity index (χ2n) is 8.18. The summed E-state index contributed by atoms with van der Waals surface area (Å²) in [5.74, 6) is 1.30. The van der Waals surface area contributed by atoms with Crippen LogP contribution in [0.4, 0.5) is 0 Å². The van der Waals surface area contributed by atoms with Gasteiger partial charge >= 0.3 is 0 Å². The lowest BCUT2D eigenvalue weighted by molar-refractivity contribution is -0.131. The van der Waals surface area contributed by atoms with Crippen LogP contribution in [0.1, 0.15) is 55.8 Å². The Morgan fingerprint density at radius 2 is 1.71 bits per heavy atom. The number of ether oxygens (including phenoxy) is 3. The van der Waals surface area contributed by atoms with Gasteiger partial charge in [-0.3, -0.25) is 14.5 Å². The average molecular weight is 433 g/mol. The van der Waals surface area contributed by atoms with Gasteiger partial charge in [-0.25, -0.2) is 0 Å². The molecule has 0 N–H and O–H groups in total. The third-order valence-corrected chi connectivity index (χ3v) is 5.85. The smallest absolute Gasteiger partial charge is 0.223 e. The molecule has 0 atom stereocenters. The standard InChI is InChI=1S/C24H36N2O5/c1-2-3-4-5-10-26(12-11-25-13-15-29-16-14-25)24(28)9-7-21(27)20-6-8-22-23(19-20)31-18-17-30-22/h6,8,19H,2-5,7,9-18H2,1H3. The van der Waals surface area contributed by atoms with Crippen LogP contribution >= 0.6 is 0 Å². The largest absolute Gasteiger partial charge is 0.486 e. The zero-order valence-electron chi connectivity index (χ0n) is 18.8. The van der Waals surface area contributed by atoms with Crippen molar-refractivity contribution in [1.29, 1.82) is 0 Å². The highest BCUT2D eigenvalue weighted by atomic mass is 16.6. The first-order valence-electron chi connectivity index (χ1n) is 11.7. The molecule has 31 heavy (non-hydrogen) atoms. The summed E-state index contributed by atoms with van der Waals surface area (Å²) in [6, 6.07) is 5.25. The van der Waals surface area contributed by atoms with Crippen LogP contribution in [0.3, 0.4) is 0 Å². The Bertz CT molecular complexity index is 718. The zero-order valence-corrected chi connectivity index (χ0v) is 18.8. The van der Waals surface area contributed by atoms with E-state index in [1.807, 2.05) is 4.90 Å². The molecular weight excluding hydrogens is 396 g/mol. The Kier molecular flexibility index (Phi) is 9.62. The van der Waals surface area contributed by atoms with Gasteiger partial charge < -0.3 is 19.1 Å². The lowest BCUT2D eigenvalue weighted by Crippen LogP contribution is -2.43. The minimum absolute atomic E-state index is 0.0376. The molecule has 0 aliphatic carbocycles. The van der Waals surface area contributed by atoms with Crippen molar-refractivity contribution in [3.8, 4) is 11.5 Å². The Hall–Kier alpha value is -2.12. The molecule has 0 saturated carbocycles. The molecule has 7 nitrogen and oxygen atoms in total. The van der Waals surface area contributed by atoms with Crippen LogP contribution in [-0.2, 0) is 9.53 Å². The van der Waals surface area contributed by atoms with E-state index in [0.717, 1.165) is 52.2 Å². The molecule has 0 bridgehead atoms. The fraction of sp³-hybridized carbons (Fsp3) is 0.667. The highest BCUT2D eigenvalue weighted by Gasteiger charge is 2.19. The first kappa shape index (κ1) is 23.5. The van der Waals surface area contributed by atoms with Gasteiger partial charge in [0.05, 0.1) is 13.2 Å². The van der Waals surface area contributed by atoms with E-state index in [4.69, 9.17) is 14.2 Å². The minimum Gasteiger partial charge on any atom is -0.486 e. The number of hydrogen-bond acceptors (Lipinski definition) is 6. The number of unbranched alkanes of at least 4 members (excludes halogenated alkanes) is 3. The van der Waals surface area contributed by atoms with Gasteiger partial charge in [0.2, 0.25) is 5.91 Å². The van der Waals surface area contributed by atoms with Crippen LogP contribution in [0.5, 0.6) is 11.5 Å². The predicted molar refractivity (Wildman–Crippen MR) is 119 cm³/mol. The predicted octanol–water partition coefficient (Wildman–Crippen LogP) is 3.16. The lowest BCUT2D eigenvalue weighted by atomic mass is 10.1. The second-order valence-corrected chi connectivity index (χ2v) is 8.18. The first-order valence-corrected chi connectivity index (χ1v) is 11.7. The third-order valence-electron chi connectivity index (χ3n) is 5.85. The number of benzene rings is 1. The maximum absolute atomic E-state index is 12.9. The molecule has 0 radical (unpaired) electrons. The molecule has 3 rings (SSSR count). The van der Waals surface area contributed by atoms with Gasteiger partial charge in [-0.1, -0.05) is 26.2 Å². The fourth-order valence-corrected chi connectivity index (χ4v) is 3.92. The van der Waals surface area contributed by atoms with Crippen LogP contribution in [0, 0.1) is 0 Å². The number of hydrogen-bond donors (Lipinski definition) is 0. The number of ketones is 1. The van der Waals surface area contributed by atoms with E-state index in [2.05, 4.69) is 11.8 Å². The monoisotopic (exact) mass is 432 g/mol. The molecule has 1 amide bonds. The maximum Gasteiger partial charge on any atom is 0.223 e. The van der Waals surface area contributed by atoms with Crippen molar-refractivity contribution in [3.05, 3.63) is 23.8 Å². The summed E-state index contributed by atoms with van der Waals surface area (Å²) in [5.41, 5.74) is 0.569. The van der Waals surface area contributed by atoms with Crippen molar-refractivity contribution in [1.82, 2.24) is 9.80 Å². The lowest BCUT2D eigenvalue weighted by Gasteiger charge is -2.30. The molecule has 172 valence electrons. The van der Waals surface area contributed by atoms with Crippen molar-refractivity contribution in [2.75, 3.05) is 59.2 Å². The van der Waals surface area contributed by atoms with Crippen LogP contribution < -0.4 is 9.47 Å². The van der Waals surface area contributed by atoms with Crippen LogP contribution in [0.25, 0.3) is 0 Å². The maximum atomic E-state index is 12.9. The summed E-state index contributed by atoms with van der Waals surface area (Å²) in [6.45, 7) is 8.88. The van der Waals surface area contributed by atoms with E-state index in [0.29, 0.717) is 36.8 Å². The SMILES string of the molecule is CCCCCCN(CCN1CCOCC1)C(=O)CCC(=O)c1ccc2c(c1)OCCO2. The molecule has 1 saturated heterocycles. The second kappa shape index (κ2) is 12.7. The molecule has 2 aliphatic rings. The van der Waals surface area contributed by atoms with E-state index < -0.39 is 0 Å². The van der Waals surface area contributed by atoms with E-state index in [9.17, 15) is 9.59 Å². The van der Waals surface area contributed by atoms with Gasteiger partial charge in [0, 0.05) is 51.1 Å². The van der Waals surface area contributed by atoms with E-state index in [-0.39, 0.29) is 24.5 Å². The summed E-state index contributed by atoms with van der Waals surface area (Å²) in [6.07, 6.45) is 4.96. The van der Waals surface area contributed by atoms with Gasteiger partial charge in [0.15, 0.2) is 17.3 Å². The topological polar surface area (TPSA) is 68.3 Å². The van der Waals surface area contributed by atoms with Crippen molar-refractivity contribution >= 4 is 11.7 Å². The highest BCUT2D eigenvalue weighted by molar-refractivity contribution is 5.98. The zero-order chi connectivity index (χ0) is 21.9. The molecule has 7 heteroatoms. The molecule has 1 aromatic rings. The van der Waals surface area contributed by atoms with E-state index in [1.165, 1.54) is 12.8 Å². The quantitative estimate of drug-likeness (QED) is 0.373. The number of carbonyl (C=O) groups excluding carboxylic acids is 2. The van der Waals surface area contributed by atoms with Crippen molar-refractivity contribution in [3.63, 3.8) is 0 Å². The first-order chi connectivity index (χ1) is 15.2. The molecule has 2 heterocycles. The third kappa shape index (κ3) is 7.51. The van der Waals surface area contributed by atoms with Crippen molar-refractivity contribution < 1.29 is 23.8 Å². The van der Waals surface area contributed by atoms with Gasteiger partial charge in [-0.05, 0) is 24.6 Å². The summed E-state index contributed by atoms with van der Waals surface area (Å²) in [5, 5.41) is 0. The molecular formula is C24H36N2O5. The van der Waals surface area contributed by atoms with Gasteiger partial charge in [-0.2, -0.15) is 0 Å². The molecule has 2 aliphatic heterocycles. The summed E-state index contributed by atoms with van der Waals surface area (Å²) >= 11 is 0. The molecule has 0 spiro atoms. The number of carbonyl (C=O) groups is 2. The van der Waals surface area contributed by atoms with Gasteiger partial charge in [0.25, 0.3) is 0 Å². The molecule has 0 unspecified atom stereocenters. The number of nitrogens with zero attached hydrogens (tertiary/aromatic N) is 2. The van der Waals surface area contributed by atoms with Crippen molar-refractivity contribution in [2.24, 2.45) is 0 Å². The number of amides is 1. The summed E-state index contributed by atoms with van der Waals surface area (Å²) < 4.78 is 16.5. The highest BCUT2D eigenvalue weighted by Crippen LogP contribution is 2.31. The van der Waals surface area contributed by atoms with Gasteiger partial charge in [0.1, 0.15) is 13.2 Å². The van der Waals surface area contributed by atoms with Crippen molar-refractivity contribution in [2.45, 2.75) is 45.4 Å². The Balaban J connectivity index is 1.50. The number of morpholine rings is 1. The van der Waals surface area contributed by atoms with Crippen LogP contribution in [0.15, 0.2) is 18.2 Å². The Morgan fingerprint density at radius 3 is 2.48 bits per heavy atom. The number of Topliss-reactive ketones (excluding diaryl/α,β-unsaturated/α-hetero) is 1. The fourth-order valence-electron chi connectivity index (χ4n) is 3.92. The summed E-state index contributed by atoms with van der Waals surface area (Å²) in [7, 11) is 0. The Labute approximate surface area is 185 Å². The Morgan fingerprint density at radius 1 is 0.935 bits per heavy atom.